The monoisotopic (exact) mass is 130 g/mol. The molecule has 1 heterocycles. The molecule has 2 rings (SSSR count). The zero-order valence-electron chi connectivity index (χ0n) is 5.83. The summed E-state index contributed by atoms with van der Waals surface area (Å²) in [6.07, 6.45) is 1.91. The fourth-order valence-corrected chi connectivity index (χ4v) is 1.16. The van der Waals surface area contributed by atoms with Crippen LogP contribution in [-0.4, -0.2) is 6.21 Å². The normalized spacial score (nSPS) is 15.7. The Morgan fingerprint density at radius 3 is 2.80 bits per heavy atom. The number of hydrogen-bond donors (Lipinski definition) is 0. The van der Waals surface area contributed by atoms with Crippen molar-refractivity contribution in [3.8, 4) is 0 Å². The van der Waals surface area contributed by atoms with Crippen LogP contribution in [0.3, 0.4) is 0 Å². The van der Waals surface area contributed by atoms with Gasteiger partial charge in [0.25, 0.3) is 0 Å². The van der Waals surface area contributed by atoms with Gasteiger partial charge in [0.05, 0.1) is 5.69 Å². The van der Waals surface area contributed by atoms with Crippen molar-refractivity contribution in [2.75, 3.05) is 0 Å². The van der Waals surface area contributed by atoms with Crippen molar-refractivity contribution in [2.45, 2.75) is 6.92 Å². The van der Waals surface area contributed by atoms with Crippen molar-refractivity contribution in [2.24, 2.45) is 4.99 Å². The number of fused-ring (bicyclic) bond motifs is 1. The SMILES string of the molecule is C[C]1C=Nc2ccccc21. The Balaban J connectivity index is 2.59. The van der Waals surface area contributed by atoms with E-state index in [4.69, 9.17) is 0 Å². The molecular formula is C9H8N. The van der Waals surface area contributed by atoms with Crippen molar-refractivity contribution in [1.82, 2.24) is 0 Å². The molecule has 0 spiro atoms. The average molecular weight is 130 g/mol. The van der Waals surface area contributed by atoms with Gasteiger partial charge in [-0.2, -0.15) is 0 Å². The Morgan fingerprint density at radius 2 is 2.00 bits per heavy atom. The van der Waals surface area contributed by atoms with Gasteiger partial charge in [0.2, 0.25) is 0 Å². The fraction of sp³-hybridized carbons (Fsp3) is 0.111. The minimum atomic E-state index is 1.10. The summed E-state index contributed by atoms with van der Waals surface area (Å²) in [5.41, 5.74) is 2.36. The molecule has 10 heavy (non-hydrogen) atoms. The summed E-state index contributed by atoms with van der Waals surface area (Å²) in [6, 6.07) is 8.17. The van der Waals surface area contributed by atoms with Gasteiger partial charge in [-0.3, -0.25) is 4.99 Å². The predicted molar refractivity (Wildman–Crippen MR) is 42.6 cm³/mol. The summed E-state index contributed by atoms with van der Waals surface area (Å²) in [5, 5.41) is 0. The molecule has 0 atom stereocenters. The summed E-state index contributed by atoms with van der Waals surface area (Å²) in [7, 11) is 0. The van der Waals surface area contributed by atoms with Gasteiger partial charge in [0.15, 0.2) is 0 Å². The molecule has 0 unspecified atom stereocenters. The Kier molecular flexibility index (Phi) is 1.10. The zero-order valence-corrected chi connectivity index (χ0v) is 5.83. The van der Waals surface area contributed by atoms with Gasteiger partial charge in [-0.1, -0.05) is 18.2 Å². The number of hydrogen-bond acceptors (Lipinski definition) is 1. The molecule has 1 nitrogen and oxygen atoms in total. The Labute approximate surface area is 60.4 Å². The zero-order chi connectivity index (χ0) is 6.97. The highest BCUT2D eigenvalue weighted by Gasteiger charge is 2.12. The molecule has 0 aromatic heterocycles. The molecule has 0 saturated heterocycles. The number of benzene rings is 1. The minimum absolute atomic E-state index is 1.10. The molecule has 0 N–H and O–H groups in total. The molecule has 0 saturated carbocycles. The van der Waals surface area contributed by atoms with Crippen LogP contribution in [0, 0.1) is 5.92 Å². The number of rotatable bonds is 0. The molecule has 0 fully saturated rings. The summed E-state index contributed by atoms with van der Waals surface area (Å²) in [5.74, 6) is 1.26. The molecule has 1 heteroatoms. The Hall–Kier alpha value is -1.11. The minimum Gasteiger partial charge on any atom is -0.260 e. The van der Waals surface area contributed by atoms with Gasteiger partial charge < -0.3 is 0 Å². The van der Waals surface area contributed by atoms with Gasteiger partial charge >= 0.3 is 0 Å². The maximum atomic E-state index is 4.22. The average Bonchev–Trinajstić information content (AvgIpc) is 2.34. The van der Waals surface area contributed by atoms with Crippen LogP contribution in [0.4, 0.5) is 5.69 Å². The van der Waals surface area contributed by atoms with E-state index in [9.17, 15) is 0 Å². The molecule has 0 amide bonds. The van der Waals surface area contributed by atoms with Crippen LogP contribution in [0.25, 0.3) is 0 Å². The van der Waals surface area contributed by atoms with E-state index in [2.05, 4.69) is 18.0 Å². The van der Waals surface area contributed by atoms with Crippen molar-refractivity contribution >= 4 is 11.9 Å². The van der Waals surface area contributed by atoms with Gasteiger partial charge in [-0.05, 0) is 18.6 Å². The van der Waals surface area contributed by atoms with E-state index in [0.29, 0.717) is 0 Å². The molecule has 0 aliphatic carbocycles. The van der Waals surface area contributed by atoms with Crippen LogP contribution < -0.4 is 0 Å². The van der Waals surface area contributed by atoms with Gasteiger partial charge in [-0.15, -0.1) is 0 Å². The number of nitrogens with zero attached hydrogens (tertiary/aromatic N) is 1. The van der Waals surface area contributed by atoms with E-state index in [1.54, 1.807) is 0 Å². The lowest BCUT2D eigenvalue weighted by atomic mass is 10.0. The van der Waals surface area contributed by atoms with E-state index in [-0.39, 0.29) is 0 Å². The van der Waals surface area contributed by atoms with Crippen LogP contribution in [0.2, 0.25) is 0 Å². The molecule has 1 aliphatic rings. The number of aliphatic imine (C=N–C) groups is 1. The first-order chi connectivity index (χ1) is 4.88. The first-order valence-corrected chi connectivity index (χ1v) is 3.35. The smallest absolute Gasteiger partial charge is 0.0667 e. The summed E-state index contributed by atoms with van der Waals surface area (Å²) in [6.45, 7) is 2.08. The largest absolute Gasteiger partial charge is 0.260 e. The topological polar surface area (TPSA) is 12.4 Å². The highest BCUT2D eigenvalue weighted by Crippen LogP contribution is 2.29. The van der Waals surface area contributed by atoms with Crippen molar-refractivity contribution in [1.29, 1.82) is 0 Å². The Morgan fingerprint density at radius 1 is 1.20 bits per heavy atom. The summed E-state index contributed by atoms with van der Waals surface area (Å²) >= 11 is 0. The maximum absolute atomic E-state index is 4.22. The van der Waals surface area contributed by atoms with Gasteiger partial charge in [-0.25, -0.2) is 0 Å². The number of para-hydroxylation sites is 1. The van der Waals surface area contributed by atoms with E-state index < -0.39 is 0 Å². The predicted octanol–water partition coefficient (Wildman–Crippen LogP) is 2.34. The molecular weight excluding hydrogens is 122 g/mol. The first kappa shape index (κ1) is 5.66. The van der Waals surface area contributed by atoms with Gasteiger partial charge in [0, 0.05) is 12.1 Å². The highest BCUT2D eigenvalue weighted by atomic mass is 14.8. The van der Waals surface area contributed by atoms with E-state index in [1.807, 2.05) is 24.4 Å². The third-order valence-corrected chi connectivity index (χ3v) is 1.73. The van der Waals surface area contributed by atoms with E-state index in [1.165, 1.54) is 11.5 Å². The third kappa shape index (κ3) is 0.670. The van der Waals surface area contributed by atoms with Crippen LogP contribution in [0.15, 0.2) is 29.3 Å². The second-order valence-electron chi connectivity index (χ2n) is 2.46. The lowest BCUT2D eigenvalue weighted by molar-refractivity contribution is 1.36. The van der Waals surface area contributed by atoms with Crippen molar-refractivity contribution in [3.05, 3.63) is 35.7 Å². The second-order valence-corrected chi connectivity index (χ2v) is 2.46. The maximum Gasteiger partial charge on any atom is 0.0667 e. The fourth-order valence-electron chi connectivity index (χ4n) is 1.16. The Bertz CT molecular complexity index is 276. The van der Waals surface area contributed by atoms with Crippen LogP contribution in [-0.2, 0) is 0 Å². The third-order valence-electron chi connectivity index (χ3n) is 1.73. The second kappa shape index (κ2) is 1.94. The summed E-state index contributed by atoms with van der Waals surface area (Å²) in [4.78, 5) is 4.22. The lowest BCUT2D eigenvalue weighted by Crippen LogP contribution is -1.87. The quantitative estimate of drug-likeness (QED) is 0.511. The standard InChI is InChI=1S/C9H8N/c1-7-6-10-9-5-3-2-4-8(7)9/h2-6H,1H3. The van der Waals surface area contributed by atoms with E-state index in [0.717, 1.165) is 5.69 Å². The van der Waals surface area contributed by atoms with Gasteiger partial charge in [0.1, 0.15) is 0 Å². The molecule has 1 aromatic rings. The molecule has 1 aliphatic heterocycles. The molecule has 1 radical (unpaired) electrons. The molecule has 1 aromatic carbocycles. The van der Waals surface area contributed by atoms with Crippen molar-refractivity contribution < 1.29 is 0 Å². The van der Waals surface area contributed by atoms with E-state index >= 15 is 0 Å². The molecule has 0 bridgehead atoms. The van der Waals surface area contributed by atoms with Crippen LogP contribution >= 0.6 is 0 Å². The lowest BCUT2D eigenvalue weighted by Gasteiger charge is -1.98. The molecule has 49 valence electrons. The summed E-state index contributed by atoms with van der Waals surface area (Å²) < 4.78 is 0. The van der Waals surface area contributed by atoms with Crippen LogP contribution in [0.5, 0.6) is 0 Å². The van der Waals surface area contributed by atoms with Crippen LogP contribution in [0.1, 0.15) is 12.5 Å². The van der Waals surface area contributed by atoms with Crippen molar-refractivity contribution in [3.63, 3.8) is 0 Å². The highest BCUT2D eigenvalue weighted by molar-refractivity contribution is 5.90. The first-order valence-electron chi connectivity index (χ1n) is 3.35.